The number of azo groups is 1. The number of carbonyl (C=O) groups excluding carboxylic acids is 2. The van der Waals surface area contributed by atoms with Gasteiger partial charge < -0.3 is 10.0 Å². The first-order chi connectivity index (χ1) is 11.6. The maximum absolute atomic E-state index is 12.4. The molecule has 0 bridgehead atoms. The predicted octanol–water partition coefficient (Wildman–Crippen LogP) is 2.95. The van der Waals surface area contributed by atoms with E-state index in [2.05, 4.69) is 17.2 Å². The fraction of sp³-hybridized carbons (Fsp3) is 0.438. The Morgan fingerprint density at radius 3 is 2.83 bits per heavy atom. The van der Waals surface area contributed by atoms with Crippen molar-refractivity contribution in [1.29, 1.82) is 0 Å². The summed E-state index contributed by atoms with van der Waals surface area (Å²) in [4.78, 5) is 23.0. The average molecular weight is 332 g/mol. The number of para-hydroxylation sites is 2. The number of hydrogen-bond acceptors (Lipinski definition) is 6. The number of amides is 1. The largest absolute Gasteiger partial charge is 0.710 e. The highest BCUT2D eigenvalue weighted by atomic mass is 16.5. The van der Waals surface area contributed by atoms with Crippen molar-refractivity contribution in [2.24, 2.45) is 10.2 Å². The van der Waals surface area contributed by atoms with Crippen LogP contribution in [0.1, 0.15) is 39.0 Å². The first-order valence-corrected chi connectivity index (χ1v) is 7.91. The first-order valence-electron chi connectivity index (χ1n) is 7.91. The van der Waals surface area contributed by atoms with E-state index in [-0.39, 0.29) is 23.6 Å². The molecule has 1 atom stereocenters. The molecular weight excluding hydrogens is 312 g/mol. The lowest BCUT2D eigenvalue weighted by Crippen LogP contribution is -2.45. The third kappa shape index (κ3) is 3.83. The standard InChI is InChI=1S/C16H20N4O4/c1-2-3-4-5-10-15(22)17-18-16-14(11-21)19(23)12-8-6-7-9-13(12)20(16)24/h6-9,11,14,23H,2-5,10H2,1H3. The van der Waals surface area contributed by atoms with Crippen LogP contribution in [0.15, 0.2) is 34.5 Å². The highest BCUT2D eigenvalue weighted by Gasteiger charge is 2.37. The summed E-state index contributed by atoms with van der Waals surface area (Å²) < 4.78 is 0.412. The van der Waals surface area contributed by atoms with E-state index in [1.54, 1.807) is 12.1 Å². The molecule has 8 heteroatoms. The van der Waals surface area contributed by atoms with Gasteiger partial charge in [0.1, 0.15) is 5.69 Å². The molecular formula is C16H20N4O4. The van der Waals surface area contributed by atoms with Crippen molar-refractivity contribution in [2.75, 3.05) is 5.06 Å². The van der Waals surface area contributed by atoms with Crippen molar-refractivity contribution in [3.63, 3.8) is 0 Å². The second-order valence-electron chi connectivity index (χ2n) is 5.47. The average Bonchev–Trinajstić information content (AvgIpc) is 2.60. The molecule has 1 heterocycles. The van der Waals surface area contributed by atoms with E-state index in [0.717, 1.165) is 19.3 Å². The van der Waals surface area contributed by atoms with Gasteiger partial charge in [-0.3, -0.25) is 10.0 Å². The number of anilines is 1. The zero-order valence-electron chi connectivity index (χ0n) is 13.5. The Morgan fingerprint density at radius 2 is 2.12 bits per heavy atom. The van der Waals surface area contributed by atoms with E-state index in [4.69, 9.17) is 0 Å². The summed E-state index contributed by atoms with van der Waals surface area (Å²) >= 11 is 0. The lowest BCUT2D eigenvalue weighted by molar-refractivity contribution is -0.365. The minimum Gasteiger partial charge on any atom is -0.710 e. The van der Waals surface area contributed by atoms with Gasteiger partial charge in [-0.1, -0.05) is 38.3 Å². The van der Waals surface area contributed by atoms with Crippen LogP contribution in [0.4, 0.5) is 11.4 Å². The Labute approximate surface area is 139 Å². The molecule has 24 heavy (non-hydrogen) atoms. The number of hydroxylamine groups is 1. The van der Waals surface area contributed by atoms with E-state index in [1.165, 1.54) is 12.1 Å². The van der Waals surface area contributed by atoms with Crippen LogP contribution in [0, 0.1) is 5.21 Å². The van der Waals surface area contributed by atoms with Crippen molar-refractivity contribution < 1.29 is 19.5 Å². The number of unbranched alkanes of at least 4 members (excludes halogenated alkanes) is 3. The second kappa shape index (κ2) is 8.30. The van der Waals surface area contributed by atoms with Crippen LogP contribution in [0.2, 0.25) is 0 Å². The van der Waals surface area contributed by atoms with Crippen LogP contribution >= 0.6 is 0 Å². The van der Waals surface area contributed by atoms with Gasteiger partial charge in [0, 0.05) is 11.5 Å². The third-order valence-electron chi connectivity index (χ3n) is 3.72. The summed E-state index contributed by atoms with van der Waals surface area (Å²) in [5, 5.41) is 30.3. The van der Waals surface area contributed by atoms with Crippen LogP contribution in [-0.4, -0.2) is 34.0 Å². The maximum atomic E-state index is 12.4. The van der Waals surface area contributed by atoms with Crippen molar-refractivity contribution in [2.45, 2.75) is 45.1 Å². The molecule has 2 rings (SSSR count). The number of nitrogens with zero attached hydrogens (tertiary/aromatic N) is 4. The first kappa shape index (κ1) is 17.7. The van der Waals surface area contributed by atoms with Gasteiger partial charge in [0.2, 0.25) is 6.04 Å². The lowest BCUT2D eigenvalue weighted by atomic mass is 10.1. The zero-order valence-corrected chi connectivity index (χ0v) is 13.5. The lowest BCUT2D eigenvalue weighted by Gasteiger charge is -2.29. The SMILES string of the molecule is CCCCCCC(=O)N=NC1=[N+]([O-])c2ccccc2N(O)C1C=O. The normalized spacial score (nSPS) is 17.2. The number of aldehydes is 1. The van der Waals surface area contributed by atoms with Crippen molar-refractivity contribution in [3.05, 3.63) is 29.5 Å². The van der Waals surface area contributed by atoms with Gasteiger partial charge in [-0.2, -0.15) is 0 Å². The van der Waals surface area contributed by atoms with Gasteiger partial charge in [0.05, 0.1) is 5.11 Å². The number of carbonyl (C=O) groups is 2. The molecule has 128 valence electrons. The van der Waals surface area contributed by atoms with E-state index in [1.807, 2.05) is 0 Å². The predicted molar refractivity (Wildman–Crippen MR) is 87.5 cm³/mol. The van der Waals surface area contributed by atoms with Gasteiger partial charge in [0.25, 0.3) is 5.91 Å². The second-order valence-corrected chi connectivity index (χ2v) is 5.47. The van der Waals surface area contributed by atoms with Gasteiger partial charge in [-0.15, -0.1) is 0 Å². The van der Waals surface area contributed by atoms with Gasteiger partial charge in [0.15, 0.2) is 12.0 Å². The summed E-state index contributed by atoms with van der Waals surface area (Å²) in [5.74, 6) is -0.798. The Kier molecular flexibility index (Phi) is 6.14. The summed E-state index contributed by atoms with van der Waals surface area (Å²) in [5.41, 5.74) is 0.317. The zero-order chi connectivity index (χ0) is 17.5. The Morgan fingerprint density at radius 1 is 1.38 bits per heavy atom. The van der Waals surface area contributed by atoms with Crippen molar-refractivity contribution in [1.82, 2.24) is 0 Å². The summed E-state index contributed by atoms with van der Waals surface area (Å²) in [7, 11) is 0. The molecule has 0 saturated heterocycles. The molecule has 0 spiro atoms. The molecule has 0 aliphatic carbocycles. The maximum Gasteiger partial charge on any atom is 0.362 e. The van der Waals surface area contributed by atoms with E-state index >= 15 is 0 Å². The molecule has 1 aliphatic heterocycles. The molecule has 0 aromatic heterocycles. The molecule has 1 aliphatic rings. The molecule has 1 amide bonds. The third-order valence-corrected chi connectivity index (χ3v) is 3.72. The van der Waals surface area contributed by atoms with E-state index in [9.17, 15) is 20.0 Å². The summed E-state index contributed by atoms with van der Waals surface area (Å²) in [6.45, 7) is 2.07. The minimum absolute atomic E-state index is 0.127. The van der Waals surface area contributed by atoms with Crippen LogP contribution in [-0.2, 0) is 9.59 Å². The highest BCUT2D eigenvalue weighted by Crippen LogP contribution is 2.32. The summed E-state index contributed by atoms with van der Waals surface area (Å²) in [6, 6.07) is 4.92. The Bertz CT molecular complexity index is 672. The van der Waals surface area contributed by atoms with Crippen molar-refractivity contribution >= 4 is 29.4 Å². The van der Waals surface area contributed by atoms with Gasteiger partial charge >= 0.3 is 5.84 Å². The Balaban J connectivity index is 2.19. The van der Waals surface area contributed by atoms with Gasteiger partial charge in [-0.05, 0) is 18.6 Å². The number of fused-ring (bicyclic) bond motifs is 1. The topological polar surface area (TPSA) is 108 Å². The minimum atomic E-state index is -1.31. The molecule has 1 aromatic rings. The van der Waals surface area contributed by atoms with Gasteiger partial charge in [-0.25, -0.2) is 9.80 Å². The number of benzene rings is 1. The molecule has 1 aromatic carbocycles. The fourth-order valence-corrected chi connectivity index (χ4v) is 2.41. The molecule has 1 N–H and O–H groups in total. The Hall–Kier alpha value is -2.61. The van der Waals surface area contributed by atoms with Crippen molar-refractivity contribution in [3.8, 4) is 0 Å². The number of rotatable bonds is 6. The molecule has 8 nitrogen and oxygen atoms in total. The number of hydrogen-bond donors (Lipinski definition) is 1. The van der Waals surface area contributed by atoms with Crippen LogP contribution in [0.3, 0.4) is 0 Å². The smallest absolute Gasteiger partial charge is 0.362 e. The number of amidine groups is 1. The monoisotopic (exact) mass is 332 g/mol. The van der Waals surface area contributed by atoms with Crippen LogP contribution in [0.5, 0.6) is 0 Å². The summed E-state index contributed by atoms with van der Waals surface area (Å²) in [6.07, 6.45) is 4.35. The quantitative estimate of drug-likeness (QED) is 0.283. The molecule has 0 radical (unpaired) electrons. The fourth-order valence-electron chi connectivity index (χ4n) is 2.41. The van der Waals surface area contributed by atoms with E-state index in [0.29, 0.717) is 22.5 Å². The van der Waals surface area contributed by atoms with Crippen LogP contribution < -0.4 is 5.06 Å². The molecule has 0 fully saturated rings. The molecule has 0 saturated carbocycles. The highest BCUT2D eigenvalue weighted by molar-refractivity contribution is 6.03. The van der Waals surface area contributed by atoms with Crippen LogP contribution in [0.25, 0.3) is 0 Å². The van der Waals surface area contributed by atoms with E-state index < -0.39 is 11.9 Å². The molecule has 1 unspecified atom stereocenters.